The fraction of sp³-hybridized carbons (Fsp3) is 0.538. The van der Waals surface area contributed by atoms with E-state index in [2.05, 4.69) is 25.1 Å². The highest BCUT2D eigenvalue weighted by molar-refractivity contribution is 6.30. The van der Waals surface area contributed by atoms with E-state index < -0.39 is 0 Å². The third kappa shape index (κ3) is 2.84. The second kappa shape index (κ2) is 5.95. The molecule has 1 atom stereocenters. The normalized spacial score (nSPS) is 19.0. The second-order valence-electron chi connectivity index (χ2n) is 5.18. The predicted molar refractivity (Wildman–Crippen MR) is 78.2 cm³/mol. The van der Waals surface area contributed by atoms with Crippen molar-refractivity contribution in [2.75, 3.05) is 18.0 Å². The molecule has 3 rings (SSSR count). The Kier molecular flexibility index (Phi) is 4.03. The molecule has 0 spiro atoms. The molecule has 2 aromatic rings. The molecule has 0 bridgehead atoms. The minimum atomic E-state index is -0.0970. The molecule has 0 aromatic carbocycles. The fourth-order valence-electron chi connectivity index (χ4n) is 2.71. The highest BCUT2D eigenvalue weighted by Crippen LogP contribution is 2.27. The molecular weight excluding hydrogens is 292 g/mol. The lowest BCUT2D eigenvalue weighted by Crippen LogP contribution is -2.36. The minimum absolute atomic E-state index is 0.0970. The summed E-state index contributed by atoms with van der Waals surface area (Å²) in [7, 11) is 1.89. The average Bonchev–Trinajstić information content (AvgIpc) is 2.89. The number of aliphatic hydroxyl groups excluding tert-OH is 1. The lowest BCUT2D eigenvalue weighted by atomic mass is 9.97. The average molecular weight is 309 g/mol. The summed E-state index contributed by atoms with van der Waals surface area (Å²) in [5, 5.41) is 18.0. The molecule has 3 heterocycles. The van der Waals surface area contributed by atoms with Gasteiger partial charge < -0.3 is 14.6 Å². The Bertz CT molecular complexity index is 614. The van der Waals surface area contributed by atoms with Gasteiger partial charge in [0, 0.05) is 26.1 Å². The van der Waals surface area contributed by atoms with Crippen LogP contribution in [0.15, 0.2) is 12.4 Å². The molecule has 1 aliphatic rings. The van der Waals surface area contributed by atoms with Gasteiger partial charge in [-0.1, -0.05) is 11.6 Å². The summed E-state index contributed by atoms with van der Waals surface area (Å²) in [6.45, 7) is 1.61. The zero-order valence-electron chi connectivity index (χ0n) is 11.8. The van der Waals surface area contributed by atoms with Crippen LogP contribution >= 0.6 is 11.6 Å². The van der Waals surface area contributed by atoms with Gasteiger partial charge in [0.1, 0.15) is 12.4 Å². The van der Waals surface area contributed by atoms with Crippen molar-refractivity contribution in [3.05, 3.63) is 29.1 Å². The van der Waals surface area contributed by atoms with Gasteiger partial charge in [0.25, 0.3) is 0 Å². The first-order valence-electron chi connectivity index (χ1n) is 6.90. The molecule has 0 saturated carbocycles. The van der Waals surface area contributed by atoms with Gasteiger partial charge in [0.05, 0.1) is 17.4 Å². The van der Waals surface area contributed by atoms with Gasteiger partial charge in [-0.3, -0.25) is 0 Å². The van der Waals surface area contributed by atoms with Crippen molar-refractivity contribution in [3.8, 4) is 0 Å². The molecule has 0 amide bonds. The minimum Gasteiger partial charge on any atom is -0.388 e. The smallest absolute Gasteiger partial charge is 0.225 e. The third-order valence-corrected chi connectivity index (χ3v) is 4.01. The summed E-state index contributed by atoms with van der Waals surface area (Å²) >= 11 is 5.83. The molecular formula is C13H17ClN6O. The number of piperidine rings is 1. The van der Waals surface area contributed by atoms with E-state index in [-0.39, 0.29) is 12.5 Å². The molecule has 8 heteroatoms. The number of aromatic nitrogens is 5. The van der Waals surface area contributed by atoms with Gasteiger partial charge in [-0.2, -0.15) is 0 Å². The monoisotopic (exact) mass is 308 g/mol. The molecule has 7 nitrogen and oxygen atoms in total. The maximum Gasteiger partial charge on any atom is 0.225 e. The van der Waals surface area contributed by atoms with Crippen LogP contribution in [0.1, 0.15) is 30.4 Å². The number of rotatable bonds is 3. The van der Waals surface area contributed by atoms with Crippen molar-refractivity contribution in [3.63, 3.8) is 0 Å². The van der Waals surface area contributed by atoms with Gasteiger partial charge in [0.15, 0.2) is 5.82 Å². The Hall–Kier alpha value is -1.73. The van der Waals surface area contributed by atoms with E-state index in [1.165, 1.54) is 0 Å². The maximum atomic E-state index is 9.22. The van der Waals surface area contributed by atoms with E-state index in [4.69, 9.17) is 11.6 Å². The highest BCUT2D eigenvalue weighted by atomic mass is 35.5. The Labute approximate surface area is 127 Å². The van der Waals surface area contributed by atoms with Crippen LogP contribution in [0, 0.1) is 0 Å². The van der Waals surface area contributed by atoms with Crippen LogP contribution < -0.4 is 4.90 Å². The van der Waals surface area contributed by atoms with Crippen LogP contribution in [0.3, 0.4) is 0 Å². The number of nitrogens with zero attached hydrogens (tertiary/aromatic N) is 6. The first-order chi connectivity index (χ1) is 10.2. The lowest BCUT2D eigenvalue weighted by Gasteiger charge is -2.32. The molecule has 0 aliphatic carbocycles. The van der Waals surface area contributed by atoms with E-state index >= 15 is 0 Å². The van der Waals surface area contributed by atoms with Crippen molar-refractivity contribution in [1.82, 2.24) is 24.7 Å². The van der Waals surface area contributed by atoms with Crippen LogP contribution in [-0.2, 0) is 13.7 Å². The maximum absolute atomic E-state index is 9.22. The van der Waals surface area contributed by atoms with Gasteiger partial charge in [-0.05, 0) is 12.8 Å². The summed E-state index contributed by atoms with van der Waals surface area (Å²) < 4.78 is 1.87. The zero-order chi connectivity index (χ0) is 14.8. The number of anilines is 1. The first-order valence-corrected chi connectivity index (χ1v) is 7.28. The standard InChI is InChI=1S/C13H17ClN6O/c1-19-11(8-21)17-18-12(19)9-3-2-4-20(7-9)13-15-5-10(14)6-16-13/h5-6,9,21H,2-4,7-8H2,1H3/t9-/m0/s1. The molecule has 112 valence electrons. The zero-order valence-corrected chi connectivity index (χ0v) is 12.5. The number of aliphatic hydroxyl groups is 1. The van der Waals surface area contributed by atoms with Crippen molar-refractivity contribution in [2.45, 2.75) is 25.4 Å². The number of halogens is 1. The topological polar surface area (TPSA) is 80.0 Å². The Morgan fingerprint density at radius 2 is 2.10 bits per heavy atom. The summed E-state index contributed by atoms with van der Waals surface area (Å²) in [5.41, 5.74) is 0. The van der Waals surface area contributed by atoms with E-state index in [0.717, 1.165) is 31.8 Å². The third-order valence-electron chi connectivity index (χ3n) is 3.82. The molecule has 2 aromatic heterocycles. The molecule has 0 radical (unpaired) electrons. The fourth-order valence-corrected chi connectivity index (χ4v) is 2.80. The van der Waals surface area contributed by atoms with Crippen molar-refractivity contribution in [2.24, 2.45) is 7.05 Å². The van der Waals surface area contributed by atoms with Gasteiger partial charge in [0.2, 0.25) is 5.95 Å². The van der Waals surface area contributed by atoms with Gasteiger partial charge >= 0.3 is 0 Å². The van der Waals surface area contributed by atoms with Crippen molar-refractivity contribution in [1.29, 1.82) is 0 Å². The quantitative estimate of drug-likeness (QED) is 0.916. The number of hydrogen-bond donors (Lipinski definition) is 1. The molecule has 1 N–H and O–H groups in total. The largest absolute Gasteiger partial charge is 0.388 e. The summed E-state index contributed by atoms with van der Waals surface area (Å²) in [6.07, 6.45) is 5.30. The summed E-state index contributed by atoms with van der Waals surface area (Å²) in [5.74, 6) is 2.44. The molecule has 1 fully saturated rings. The second-order valence-corrected chi connectivity index (χ2v) is 5.61. The van der Waals surface area contributed by atoms with Crippen LogP contribution in [0.25, 0.3) is 0 Å². The lowest BCUT2D eigenvalue weighted by molar-refractivity contribution is 0.266. The van der Waals surface area contributed by atoms with Crippen molar-refractivity contribution < 1.29 is 5.11 Å². The van der Waals surface area contributed by atoms with Crippen molar-refractivity contribution >= 4 is 17.5 Å². The van der Waals surface area contributed by atoms with Crippen LogP contribution in [0.4, 0.5) is 5.95 Å². The Balaban J connectivity index is 1.79. The molecule has 1 saturated heterocycles. The predicted octanol–water partition coefficient (Wildman–Crippen LogP) is 1.13. The van der Waals surface area contributed by atoms with E-state index in [1.807, 2.05) is 11.6 Å². The van der Waals surface area contributed by atoms with E-state index in [9.17, 15) is 5.11 Å². The van der Waals surface area contributed by atoms with Gasteiger partial charge in [-0.25, -0.2) is 9.97 Å². The highest BCUT2D eigenvalue weighted by Gasteiger charge is 2.27. The molecule has 21 heavy (non-hydrogen) atoms. The SMILES string of the molecule is Cn1c(CO)nnc1[C@H]1CCCN(c2ncc(Cl)cn2)C1. The summed E-state index contributed by atoms with van der Waals surface area (Å²) in [6, 6.07) is 0. The van der Waals surface area contributed by atoms with Crippen LogP contribution in [0.2, 0.25) is 5.02 Å². The Morgan fingerprint density at radius 3 is 2.76 bits per heavy atom. The summed E-state index contributed by atoms with van der Waals surface area (Å²) in [4.78, 5) is 10.7. The Morgan fingerprint density at radius 1 is 1.33 bits per heavy atom. The van der Waals surface area contributed by atoms with E-state index in [1.54, 1.807) is 12.4 Å². The van der Waals surface area contributed by atoms with Gasteiger partial charge in [-0.15, -0.1) is 10.2 Å². The molecule has 1 aliphatic heterocycles. The number of hydrogen-bond acceptors (Lipinski definition) is 6. The molecule has 0 unspecified atom stereocenters. The van der Waals surface area contributed by atoms with Crippen LogP contribution in [-0.4, -0.2) is 42.9 Å². The first kappa shape index (κ1) is 14.2. The van der Waals surface area contributed by atoms with Crippen LogP contribution in [0.5, 0.6) is 0 Å². The van der Waals surface area contributed by atoms with E-state index in [0.29, 0.717) is 16.8 Å².